The molecular formula is C21H29N5O2. The summed E-state index contributed by atoms with van der Waals surface area (Å²) in [5.41, 5.74) is 2.35. The van der Waals surface area contributed by atoms with Crippen molar-refractivity contribution < 1.29 is 9.47 Å². The molecule has 7 nitrogen and oxygen atoms in total. The van der Waals surface area contributed by atoms with E-state index < -0.39 is 0 Å². The number of nitrogens with zero attached hydrogens (tertiary/aromatic N) is 4. The molecule has 28 heavy (non-hydrogen) atoms. The topological polar surface area (TPSA) is 62.2 Å². The Morgan fingerprint density at radius 2 is 2.00 bits per heavy atom. The van der Waals surface area contributed by atoms with E-state index in [4.69, 9.17) is 9.47 Å². The molecule has 1 aromatic heterocycles. The number of benzene rings is 1. The minimum atomic E-state index is 0.667. The third kappa shape index (κ3) is 5.13. The molecule has 0 radical (unpaired) electrons. The molecule has 0 aliphatic carbocycles. The lowest BCUT2D eigenvalue weighted by Gasteiger charge is -2.30. The van der Waals surface area contributed by atoms with Gasteiger partial charge in [-0.1, -0.05) is 18.2 Å². The molecule has 1 fully saturated rings. The van der Waals surface area contributed by atoms with Crippen LogP contribution in [-0.2, 0) is 17.8 Å². The molecule has 0 bridgehead atoms. The molecular weight excluding hydrogens is 354 g/mol. The lowest BCUT2D eigenvalue weighted by Crippen LogP contribution is -2.40. The van der Waals surface area contributed by atoms with Crippen LogP contribution in [-0.4, -0.2) is 63.4 Å². The zero-order chi connectivity index (χ0) is 19.8. The highest BCUT2D eigenvalue weighted by Crippen LogP contribution is 2.18. The third-order valence-electron chi connectivity index (χ3n) is 4.77. The number of hydrogen-bond donors (Lipinski definition) is 1. The third-order valence-corrected chi connectivity index (χ3v) is 4.77. The molecule has 0 amide bonds. The number of pyridine rings is 1. The van der Waals surface area contributed by atoms with Gasteiger partial charge in [-0.05, 0) is 23.8 Å². The molecule has 150 valence electrons. The molecule has 2 aromatic rings. The summed E-state index contributed by atoms with van der Waals surface area (Å²) in [6, 6.07) is 12.2. The molecule has 3 rings (SSSR count). The number of methoxy groups -OCH3 is 1. The summed E-state index contributed by atoms with van der Waals surface area (Å²) in [5.74, 6) is 2.72. The van der Waals surface area contributed by atoms with Crippen LogP contribution in [0.5, 0.6) is 5.75 Å². The number of hydrogen-bond acceptors (Lipinski definition) is 5. The Balaban J connectivity index is 1.62. The minimum absolute atomic E-state index is 0.667. The SMILES string of the molecule is CN=C(NCc1cccnc1N1CCOCC1)N(C)Cc1ccc(OC)cc1. The van der Waals surface area contributed by atoms with E-state index in [9.17, 15) is 0 Å². The van der Waals surface area contributed by atoms with E-state index in [1.54, 1.807) is 14.2 Å². The van der Waals surface area contributed by atoms with Crippen LogP contribution in [0.15, 0.2) is 47.6 Å². The van der Waals surface area contributed by atoms with E-state index in [2.05, 4.69) is 43.3 Å². The largest absolute Gasteiger partial charge is 0.497 e. The second kappa shape index (κ2) is 9.94. The van der Waals surface area contributed by atoms with Gasteiger partial charge in [0.1, 0.15) is 11.6 Å². The van der Waals surface area contributed by atoms with Gasteiger partial charge < -0.3 is 24.6 Å². The maximum atomic E-state index is 5.46. The molecule has 0 saturated carbocycles. The summed E-state index contributed by atoms with van der Waals surface area (Å²) in [6.45, 7) is 4.66. The summed E-state index contributed by atoms with van der Waals surface area (Å²) in [6.07, 6.45) is 1.85. The van der Waals surface area contributed by atoms with Crippen molar-refractivity contribution in [1.82, 2.24) is 15.2 Å². The van der Waals surface area contributed by atoms with Gasteiger partial charge in [-0.15, -0.1) is 0 Å². The Morgan fingerprint density at radius 1 is 1.25 bits per heavy atom. The highest BCUT2D eigenvalue weighted by Gasteiger charge is 2.16. The number of morpholine rings is 1. The number of anilines is 1. The summed E-state index contributed by atoms with van der Waals surface area (Å²) in [5, 5.41) is 3.46. The summed E-state index contributed by atoms with van der Waals surface area (Å²) >= 11 is 0. The van der Waals surface area contributed by atoms with E-state index in [1.807, 2.05) is 31.4 Å². The van der Waals surface area contributed by atoms with Crippen LogP contribution < -0.4 is 15.0 Å². The van der Waals surface area contributed by atoms with Crippen molar-refractivity contribution in [3.63, 3.8) is 0 Å². The normalized spacial score (nSPS) is 14.7. The minimum Gasteiger partial charge on any atom is -0.497 e. The molecule has 7 heteroatoms. The van der Waals surface area contributed by atoms with E-state index in [-0.39, 0.29) is 0 Å². The van der Waals surface area contributed by atoms with E-state index >= 15 is 0 Å². The van der Waals surface area contributed by atoms with Gasteiger partial charge in [0.15, 0.2) is 5.96 Å². The molecule has 1 aliphatic heterocycles. The van der Waals surface area contributed by atoms with Crippen LogP contribution in [0.2, 0.25) is 0 Å². The quantitative estimate of drug-likeness (QED) is 0.609. The van der Waals surface area contributed by atoms with Gasteiger partial charge in [0, 0.05) is 52.0 Å². The average Bonchev–Trinajstić information content (AvgIpc) is 2.75. The van der Waals surface area contributed by atoms with Crippen LogP contribution in [0.3, 0.4) is 0 Å². The zero-order valence-corrected chi connectivity index (χ0v) is 16.9. The fourth-order valence-corrected chi connectivity index (χ4v) is 3.27. The van der Waals surface area contributed by atoms with E-state index in [0.29, 0.717) is 6.54 Å². The molecule has 0 atom stereocenters. The van der Waals surface area contributed by atoms with Crippen molar-refractivity contribution in [2.24, 2.45) is 4.99 Å². The second-order valence-electron chi connectivity index (χ2n) is 6.69. The highest BCUT2D eigenvalue weighted by atomic mass is 16.5. The molecule has 1 N–H and O–H groups in total. The maximum Gasteiger partial charge on any atom is 0.193 e. The van der Waals surface area contributed by atoms with Gasteiger partial charge in [-0.2, -0.15) is 0 Å². The standard InChI is InChI=1S/C21H29N5O2/c1-22-21(25(2)16-17-6-8-19(27-3)9-7-17)24-15-18-5-4-10-23-20(18)26-11-13-28-14-12-26/h4-10H,11-16H2,1-3H3,(H,22,24). The predicted octanol–water partition coefficient (Wildman–Crippen LogP) is 2.13. The number of guanidine groups is 1. The van der Waals surface area contributed by atoms with Crippen LogP contribution in [0.25, 0.3) is 0 Å². The van der Waals surface area contributed by atoms with Crippen molar-refractivity contribution in [3.05, 3.63) is 53.7 Å². The number of aliphatic imine (C=N–C) groups is 1. The Morgan fingerprint density at radius 3 is 2.68 bits per heavy atom. The average molecular weight is 383 g/mol. The number of nitrogens with one attached hydrogen (secondary N) is 1. The van der Waals surface area contributed by atoms with Gasteiger partial charge in [0.05, 0.1) is 20.3 Å². The maximum absolute atomic E-state index is 5.46. The van der Waals surface area contributed by atoms with Crippen LogP contribution >= 0.6 is 0 Å². The molecule has 1 aromatic carbocycles. The van der Waals surface area contributed by atoms with Crippen molar-refractivity contribution in [1.29, 1.82) is 0 Å². The van der Waals surface area contributed by atoms with Crippen LogP contribution in [0.1, 0.15) is 11.1 Å². The first-order chi connectivity index (χ1) is 13.7. The van der Waals surface area contributed by atoms with Gasteiger partial charge in [-0.3, -0.25) is 4.99 Å². The molecule has 0 unspecified atom stereocenters. The first-order valence-corrected chi connectivity index (χ1v) is 9.52. The van der Waals surface area contributed by atoms with Crippen molar-refractivity contribution >= 4 is 11.8 Å². The smallest absolute Gasteiger partial charge is 0.193 e. The fourth-order valence-electron chi connectivity index (χ4n) is 3.27. The monoisotopic (exact) mass is 383 g/mol. The van der Waals surface area contributed by atoms with E-state index in [0.717, 1.165) is 55.9 Å². The van der Waals surface area contributed by atoms with Crippen LogP contribution in [0, 0.1) is 0 Å². The summed E-state index contributed by atoms with van der Waals surface area (Å²) < 4.78 is 10.7. The Labute approximate surface area is 167 Å². The second-order valence-corrected chi connectivity index (χ2v) is 6.69. The summed E-state index contributed by atoms with van der Waals surface area (Å²) in [7, 11) is 5.52. The van der Waals surface area contributed by atoms with Crippen LogP contribution in [0.4, 0.5) is 5.82 Å². The molecule has 2 heterocycles. The Bertz CT molecular complexity index is 773. The van der Waals surface area contributed by atoms with E-state index in [1.165, 1.54) is 5.56 Å². The van der Waals surface area contributed by atoms with Gasteiger partial charge in [-0.25, -0.2) is 4.98 Å². The number of rotatable bonds is 6. The first-order valence-electron chi connectivity index (χ1n) is 9.52. The number of ether oxygens (including phenoxy) is 2. The summed E-state index contributed by atoms with van der Waals surface area (Å²) in [4.78, 5) is 13.4. The lowest BCUT2D eigenvalue weighted by atomic mass is 10.2. The fraction of sp³-hybridized carbons (Fsp3) is 0.429. The van der Waals surface area contributed by atoms with Gasteiger partial charge in [0.2, 0.25) is 0 Å². The van der Waals surface area contributed by atoms with Crippen molar-refractivity contribution in [2.45, 2.75) is 13.1 Å². The highest BCUT2D eigenvalue weighted by molar-refractivity contribution is 5.79. The van der Waals surface area contributed by atoms with Gasteiger partial charge in [0.25, 0.3) is 0 Å². The molecule has 0 spiro atoms. The molecule has 1 saturated heterocycles. The number of aromatic nitrogens is 1. The lowest BCUT2D eigenvalue weighted by molar-refractivity contribution is 0.122. The Kier molecular flexibility index (Phi) is 7.08. The predicted molar refractivity (Wildman–Crippen MR) is 112 cm³/mol. The van der Waals surface area contributed by atoms with Gasteiger partial charge >= 0.3 is 0 Å². The first kappa shape index (κ1) is 19.9. The zero-order valence-electron chi connectivity index (χ0n) is 16.9. The Hall–Kier alpha value is -2.80. The van der Waals surface area contributed by atoms with Crippen molar-refractivity contribution in [3.8, 4) is 5.75 Å². The van der Waals surface area contributed by atoms with Crippen molar-refractivity contribution in [2.75, 3.05) is 52.4 Å². The molecule has 1 aliphatic rings.